The van der Waals surface area contributed by atoms with E-state index >= 15 is 0 Å². The van der Waals surface area contributed by atoms with E-state index in [2.05, 4.69) is 4.74 Å². The third kappa shape index (κ3) is 5.49. The lowest BCUT2D eigenvalue weighted by Gasteiger charge is -2.15. The molecule has 2 rings (SSSR count). The standard InChI is InChI=1S/C18H18F3NO3/c1-2-24-17(23)11-15(22)13-7-5-6-12(10-13)14-8-3-4-9-16(14)25-18(19,20)21/h3-10,15H,2,11,22H2,1H3/t15-/m0/s1. The van der Waals surface area contributed by atoms with Gasteiger partial charge in [0.2, 0.25) is 0 Å². The van der Waals surface area contributed by atoms with E-state index in [-0.39, 0.29) is 24.3 Å². The van der Waals surface area contributed by atoms with E-state index in [9.17, 15) is 18.0 Å². The summed E-state index contributed by atoms with van der Waals surface area (Å²) < 4.78 is 46.6. The Morgan fingerprint density at radius 2 is 1.88 bits per heavy atom. The van der Waals surface area contributed by atoms with E-state index in [1.54, 1.807) is 37.3 Å². The van der Waals surface area contributed by atoms with Crippen LogP contribution < -0.4 is 10.5 Å². The summed E-state index contributed by atoms with van der Waals surface area (Å²) in [5.41, 5.74) is 7.41. The molecule has 0 aromatic heterocycles. The van der Waals surface area contributed by atoms with Gasteiger partial charge in [-0.05, 0) is 30.2 Å². The Kier molecular flexibility index (Phi) is 6.03. The molecule has 0 radical (unpaired) electrons. The Hall–Kier alpha value is -2.54. The average Bonchev–Trinajstić information content (AvgIpc) is 2.54. The molecule has 0 saturated heterocycles. The zero-order valence-corrected chi connectivity index (χ0v) is 13.5. The lowest BCUT2D eigenvalue weighted by molar-refractivity contribution is -0.274. The van der Waals surface area contributed by atoms with Crippen LogP contribution in [0.25, 0.3) is 11.1 Å². The van der Waals surface area contributed by atoms with Gasteiger partial charge in [-0.25, -0.2) is 0 Å². The highest BCUT2D eigenvalue weighted by Gasteiger charge is 2.32. The molecule has 0 saturated carbocycles. The summed E-state index contributed by atoms with van der Waals surface area (Å²) in [4.78, 5) is 11.5. The van der Waals surface area contributed by atoms with Gasteiger partial charge in [0, 0.05) is 11.6 Å². The fraction of sp³-hybridized carbons (Fsp3) is 0.278. The van der Waals surface area contributed by atoms with Gasteiger partial charge in [-0.15, -0.1) is 13.2 Å². The first kappa shape index (κ1) is 18.8. The third-order valence-corrected chi connectivity index (χ3v) is 3.43. The van der Waals surface area contributed by atoms with Gasteiger partial charge >= 0.3 is 12.3 Å². The number of benzene rings is 2. The monoisotopic (exact) mass is 353 g/mol. The maximum absolute atomic E-state index is 12.6. The summed E-state index contributed by atoms with van der Waals surface area (Å²) in [6.07, 6.45) is -4.80. The summed E-state index contributed by atoms with van der Waals surface area (Å²) in [7, 11) is 0. The summed E-state index contributed by atoms with van der Waals surface area (Å²) >= 11 is 0. The van der Waals surface area contributed by atoms with Crippen LogP contribution in [0, 0.1) is 0 Å². The molecule has 4 nitrogen and oxygen atoms in total. The first-order chi connectivity index (χ1) is 11.8. The molecule has 2 aromatic rings. The van der Waals surface area contributed by atoms with Gasteiger partial charge in [-0.3, -0.25) is 4.79 Å². The van der Waals surface area contributed by atoms with Crippen LogP contribution in [0.1, 0.15) is 24.9 Å². The first-order valence-electron chi connectivity index (χ1n) is 7.66. The molecule has 2 aromatic carbocycles. The number of ether oxygens (including phenoxy) is 2. The second-order valence-corrected chi connectivity index (χ2v) is 5.29. The molecule has 0 amide bonds. The van der Waals surface area contributed by atoms with E-state index in [0.29, 0.717) is 11.1 Å². The number of hydrogen-bond acceptors (Lipinski definition) is 4. The molecule has 0 spiro atoms. The van der Waals surface area contributed by atoms with E-state index in [4.69, 9.17) is 10.5 Å². The number of carbonyl (C=O) groups is 1. The maximum Gasteiger partial charge on any atom is 0.573 e. The van der Waals surface area contributed by atoms with Crippen molar-refractivity contribution >= 4 is 5.97 Å². The predicted octanol–water partition coefficient (Wildman–Crippen LogP) is 4.21. The molecule has 0 aliphatic carbocycles. The molecular weight excluding hydrogens is 335 g/mol. The zero-order chi connectivity index (χ0) is 18.4. The number of para-hydroxylation sites is 1. The Balaban J connectivity index is 2.29. The van der Waals surface area contributed by atoms with Crippen molar-refractivity contribution in [1.29, 1.82) is 0 Å². The van der Waals surface area contributed by atoms with Crippen LogP contribution in [0.2, 0.25) is 0 Å². The van der Waals surface area contributed by atoms with Crippen molar-refractivity contribution < 1.29 is 27.4 Å². The lowest BCUT2D eigenvalue weighted by atomic mass is 9.98. The second-order valence-electron chi connectivity index (χ2n) is 5.29. The fourth-order valence-corrected chi connectivity index (χ4v) is 2.37. The number of esters is 1. The number of halogens is 3. The van der Waals surface area contributed by atoms with Crippen molar-refractivity contribution in [3.63, 3.8) is 0 Å². The lowest BCUT2D eigenvalue weighted by Crippen LogP contribution is -2.18. The van der Waals surface area contributed by atoms with Crippen molar-refractivity contribution in [1.82, 2.24) is 0 Å². The van der Waals surface area contributed by atoms with Crippen molar-refractivity contribution in [3.8, 4) is 16.9 Å². The highest BCUT2D eigenvalue weighted by molar-refractivity contribution is 5.72. The van der Waals surface area contributed by atoms with E-state index in [1.165, 1.54) is 18.2 Å². The zero-order valence-electron chi connectivity index (χ0n) is 13.5. The molecule has 0 aliphatic heterocycles. The van der Waals surface area contributed by atoms with Crippen molar-refractivity contribution in [3.05, 3.63) is 54.1 Å². The van der Waals surface area contributed by atoms with Crippen LogP contribution in [-0.4, -0.2) is 18.9 Å². The van der Waals surface area contributed by atoms with Crippen molar-refractivity contribution in [2.45, 2.75) is 25.7 Å². The van der Waals surface area contributed by atoms with Crippen LogP contribution in [0.5, 0.6) is 5.75 Å². The van der Waals surface area contributed by atoms with Crippen LogP contribution in [-0.2, 0) is 9.53 Å². The molecule has 0 unspecified atom stereocenters. The Morgan fingerprint density at radius 1 is 1.16 bits per heavy atom. The fourth-order valence-electron chi connectivity index (χ4n) is 2.37. The van der Waals surface area contributed by atoms with Gasteiger partial charge < -0.3 is 15.2 Å². The predicted molar refractivity (Wildman–Crippen MR) is 86.7 cm³/mol. The van der Waals surface area contributed by atoms with Gasteiger partial charge in [-0.1, -0.05) is 36.4 Å². The summed E-state index contributed by atoms with van der Waals surface area (Å²) in [6, 6.07) is 11.9. The SMILES string of the molecule is CCOC(=O)C[C@H](N)c1cccc(-c2ccccc2OC(F)(F)F)c1. The number of rotatable bonds is 6. The average molecular weight is 353 g/mol. The Bertz CT molecular complexity index is 732. The molecular formula is C18H18F3NO3. The van der Waals surface area contributed by atoms with Gasteiger partial charge in [-0.2, -0.15) is 0 Å². The summed E-state index contributed by atoms with van der Waals surface area (Å²) in [5.74, 6) is -0.729. The Morgan fingerprint density at radius 3 is 2.56 bits per heavy atom. The van der Waals surface area contributed by atoms with Gasteiger partial charge in [0.25, 0.3) is 0 Å². The molecule has 0 heterocycles. The minimum absolute atomic E-state index is 0.0159. The number of alkyl halides is 3. The normalized spacial score (nSPS) is 12.5. The minimum atomic E-state index is -4.78. The van der Waals surface area contributed by atoms with E-state index in [1.807, 2.05) is 0 Å². The second kappa shape index (κ2) is 8.02. The van der Waals surface area contributed by atoms with Crippen LogP contribution >= 0.6 is 0 Å². The van der Waals surface area contributed by atoms with Crippen LogP contribution in [0.3, 0.4) is 0 Å². The molecule has 0 fully saturated rings. The number of nitrogens with two attached hydrogens (primary N) is 1. The van der Waals surface area contributed by atoms with E-state index in [0.717, 1.165) is 0 Å². The highest BCUT2D eigenvalue weighted by Crippen LogP contribution is 2.34. The quantitative estimate of drug-likeness (QED) is 0.791. The van der Waals surface area contributed by atoms with Gasteiger partial charge in [0.15, 0.2) is 0 Å². The Labute approximate surface area is 143 Å². The third-order valence-electron chi connectivity index (χ3n) is 3.43. The van der Waals surface area contributed by atoms with Crippen molar-refractivity contribution in [2.24, 2.45) is 5.73 Å². The molecule has 0 aliphatic rings. The maximum atomic E-state index is 12.6. The van der Waals surface area contributed by atoms with Gasteiger partial charge in [0.1, 0.15) is 5.75 Å². The first-order valence-corrected chi connectivity index (χ1v) is 7.66. The minimum Gasteiger partial charge on any atom is -0.466 e. The molecule has 25 heavy (non-hydrogen) atoms. The summed E-state index contributed by atoms with van der Waals surface area (Å²) in [5, 5.41) is 0. The summed E-state index contributed by atoms with van der Waals surface area (Å²) in [6.45, 7) is 1.95. The molecule has 1 atom stereocenters. The highest BCUT2D eigenvalue weighted by atomic mass is 19.4. The topological polar surface area (TPSA) is 61.5 Å². The molecule has 7 heteroatoms. The van der Waals surface area contributed by atoms with Gasteiger partial charge in [0.05, 0.1) is 13.0 Å². The van der Waals surface area contributed by atoms with Crippen LogP contribution in [0.4, 0.5) is 13.2 Å². The molecule has 0 bridgehead atoms. The smallest absolute Gasteiger partial charge is 0.466 e. The number of hydrogen-bond donors (Lipinski definition) is 1. The van der Waals surface area contributed by atoms with Crippen molar-refractivity contribution in [2.75, 3.05) is 6.61 Å². The van der Waals surface area contributed by atoms with E-state index < -0.39 is 18.4 Å². The van der Waals surface area contributed by atoms with Crippen LogP contribution in [0.15, 0.2) is 48.5 Å². The number of carbonyl (C=O) groups excluding carboxylic acids is 1. The largest absolute Gasteiger partial charge is 0.573 e. The molecule has 134 valence electrons. The molecule has 2 N–H and O–H groups in total.